The minimum atomic E-state index is -1.11. The van der Waals surface area contributed by atoms with Gasteiger partial charge in [-0.1, -0.05) is 54.1 Å². The number of carbonyl (C=O) groups is 2. The Kier molecular flexibility index (Phi) is 6.00. The van der Waals surface area contributed by atoms with Crippen LogP contribution < -0.4 is 10.9 Å². The van der Waals surface area contributed by atoms with Crippen LogP contribution in [0.1, 0.15) is 17.4 Å². The van der Waals surface area contributed by atoms with Gasteiger partial charge in [0.2, 0.25) is 0 Å². The molecule has 1 unspecified atom stereocenters. The van der Waals surface area contributed by atoms with Gasteiger partial charge in [0.15, 0.2) is 11.8 Å². The Balaban J connectivity index is 1.65. The van der Waals surface area contributed by atoms with Crippen molar-refractivity contribution in [2.75, 3.05) is 5.32 Å². The zero-order valence-electron chi connectivity index (χ0n) is 17.0. The number of fused-ring (bicyclic) bond motifs is 1. The molecule has 1 aromatic heterocycles. The van der Waals surface area contributed by atoms with Crippen molar-refractivity contribution in [2.24, 2.45) is 0 Å². The molecule has 1 heterocycles. The Morgan fingerprint density at radius 1 is 0.969 bits per heavy atom. The molecule has 0 aliphatic rings. The van der Waals surface area contributed by atoms with Crippen molar-refractivity contribution in [1.82, 2.24) is 9.78 Å². The summed E-state index contributed by atoms with van der Waals surface area (Å²) in [5, 5.41) is 8.03. The van der Waals surface area contributed by atoms with Crippen LogP contribution in [0.5, 0.6) is 0 Å². The van der Waals surface area contributed by atoms with Crippen molar-refractivity contribution in [2.45, 2.75) is 13.0 Å². The lowest BCUT2D eigenvalue weighted by Gasteiger charge is -2.15. The van der Waals surface area contributed by atoms with Crippen LogP contribution in [0.25, 0.3) is 16.5 Å². The lowest BCUT2D eigenvalue weighted by molar-refractivity contribution is -0.123. The molecule has 7 nitrogen and oxygen atoms in total. The number of ether oxygens (including phenoxy) is 1. The van der Waals surface area contributed by atoms with E-state index in [1.165, 1.54) is 6.92 Å². The maximum atomic E-state index is 13.0. The fraction of sp³-hybridized carbons (Fsp3) is 0.0833. The highest BCUT2D eigenvalue weighted by molar-refractivity contribution is 6.30. The van der Waals surface area contributed by atoms with Gasteiger partial charge in [-0.2, -0.15) is 9.78 Å². The van der Waals surface area contributed by atoms with Crippen molar-refractivity contribution in [1.29, 1.82) is 0 Å². The van der Waals surface area contributed by atoms with Gasteiger partial charge in [-0.25, -0.2) is 4.79 Å². The summed E-state index contributed by atoms with van der Waals surface area (Å²) in [5.41, 5.74) is 0.553. The van der Waals surface area contributed by atoms with Crippen LogP contribution in [-0.4, -0.2) is 27.8 Å². The molecule has 4 aromatic rings. The van der Waals surface area contributed by atoms with Gasteiger partial charge in [0, 0.05) is 16.1 Å². The lowest BCUT2D eigenvalue weighted by Crippen LogP contribution is -2.31. The number of nitrogens with zero attached hydrogens (tertiary/aromatic N) is 2. The largest absolute Gasteiger partial charge is 0.448 e. The average Bonchev–Trinajstić information content (AvgIpc) is 2.80. The molecule has 1 amide bonds. The highest BCUT2D eigenvalue weighted by atomic mass is 35.5. The SMILES string of the molecule is CC(OC(=O)c1nn(-c2ccccc2)c(=O)c2ccccc12)C(=O)Nc1cccc(Cl)c1. The van der Waals surface area contributed by atoms with Gasteiger partial charge in [-0.15, -0.1) is 0 Å². The summed E-state index contributed by atoms with van der Waals surface area (Å²) >= 11 is 5.93. The van der Waals surface area contributed by atoms with E-state index in [0.717, 1.165) is 4.68 Å². The van der Waals surface area contributed by atoms with E-state index in [4.69, 9.17) is 16.3 Å². The van der Waals surface area contributed by atoms with E-state index in [9.17, 15) is 14.4 Å². The Morgan fingerprint density at radius 3 is 2.38 bits per heavy atom. The molecule has 1 atom stereocenters. The normalized spacial score (nSPS) is 11.7. The van der Waals surface area contributed by atoms with Crippen LogP contribution in [0.2, 0.25) is 5.02 Å². The molecular weight excluding hydrogens is 430 g/mol. The first-order valence-electron chi connectivity index (χ1n) is 9.79. The molecular formula is C24H18ClN3O4. The number of esters is 1. The van der Waals surface area contributed by atoms with Crippen LogP contribution in [0.4, 0.5) is 5.69 Å². The zero-order valence-corrected chi connectivity index (χ0v) is 17.7. The first-order valence-corrected chi connectivity index (χ1v) is 10.2. The minimum absolute atomic E-state index is 0.0635. The van der Waals surface area contributed by atoms with Crippen molar-refractivity contribution < 1.29 is 14.3 Å². The Hall–Kier alpha value is -3.97. The van der Waals surface area contributed by atoms with E-state index in [0.29, 0.717) is 27.2 Å². The summed E-state index contributed by atoms with van der Waals surface area (Å²) in [6.07, 6.45) is -1.11. The predicted octanol–water partition coefficient (Wildman–Crippen LogP) is 4.22. The van der Waals surface area contributed by atoms with Crippen LogP contribution in [0, 0.1) is 0 Å². The molecule has 0 spiro atoms. The number of amides is 1. The first kappa shape index (κ1) is 21.3. The van der Waals surface area contributed by atoms with E-state index < -0.39 is 18.0 Å². The molecule has 0 saturated carbocycles. The van der Waals surface area contributed by atoms with Crippen molar-refractivity contribution in [3.63, 3.8) is 0 Å². The third-order valence-electron chi connectivity index (χ3n) is 4.74. The van der Waals surface area contributed by atoms with Gasteiger partial charge in [-0.3, -0.25) is 9.59 Å². The van der Waals surface area contributed by atoms with Crippen molar-refractivity contribution in [3.8, 4) is 5.69 Å². The highest BCUT2D eigenvalue weighted by Gasteiger charge is 2.23. The molecule has 1 N–H and O–H groups in total. The van der Waals surface area contributed by atoms with Crippen LogP contribution in [0.15, 0.2) is 83.7 Å². The second-order valence-electron chi connectivity index (χ2n) is 6.99. The number of anilines is 1. The molecule has 0 aliphatic heterocycles. The number of hydrogen-bond acceptors (Lipinski definition) is 5. The second kappa shape index (κ2) is 9.03. The Bertz CT molecular complexity index is 1370. The van der Waals surface area contributed by atoms with Gasteiger partial charge in [0.05, 0.1) is 11.1 Å². The summed E-state index contributed by atoms with van der Waals surface area (Å²) in [5.74, 6) is -1.35. The molecule has 0 saturated heterocycles. The molecule has 0 fully saturated rings. The number of para-hydroxylation sites is 1. The maximum absolute atomic E-state index is 13.0. The Labute approximate surface area is 188 Å². The van der Waals surface area contributed by atoms with E-state index >= 15 is 0 Å². The van der Waals surface area contributed by atoms with Gasteiger partial charge < -0.3 is 10.1 Å². The van der Waals surface area contributed by atoms with Gasteiger partial charge in [0.25, 0.3) is 11.5 Å². The quantitative estimate of drug-likeness (QED) is 0.462. The monoisotopic (exact) mass is 447 g/mol. The number of halogens is 1. The summed E-state index contributed by atoms with van der Waals surface area (Å²) in [6.45, 7) is 1.45. The van der Waals surface area contributed by atoms with Crippen molar-refractivity contribution in [3.05, 3.63) is 99.9 Å². The topological polar surface area (TPSA) is 90.3 Å². The van der Waals surface area contributed by atoms with E-state index in [1.807, 2.05) is 6.07 Å². The number of aromatic nitrogens is 2. The molecule has 8 heteroatoms. The molecule has 0 aliphatic carbocycles. The van der Waals surface area contributed by atoms with Crippen molar-refractivity contribution >= 4 is 39.9 Å². The third-order valence-corrected chi connectivity index (χ3v) is 4.98. The number of nitrogens with one attached hydrogen (secondary N) is 1. The molecule has 3 aromatic carbocycles. The number of hydrogen-bond donors (Lipinski definition) is 1. The van der Waals surface area contributed by atoms with E-state index in [1.54, 1.807) is 72.8 Å². The van der Waals surface area contributed by atoms with Crippen LogP contribution in [-0.2, 0) is 9.53 Å². The van der Waals surface area contributed by atoms with Gasteiger partial charge in [-0.05, 0) is 43.3 Å². The lowest BCUT2D eigenvalue weighted by atomic mass is 10.1. The van der Waals surface area contributed by atoms with E-state index in [-0.39, 0.29) is 11.3 Å². The molecule has 0 bridgehead atoms. The van der Waals surface area contributed by atoms with Crippen LogP contribution in [0.3, 0.4) is 0 Å². The summed E-state index contributed by atoms with van der Waals surface area (Å²) < 4.78 is 6.53. The standard InChI is InChI=1S/C24H18ClN3O4/c1-15(22(29)26-17-9-7-8-16(25)14-17)32-24(31)21-19-12-5-6-13-20(19)23(30)28(27-21)18-10-3-2-4-11-18/h2-15H,1H3,(H,26,29). The smallest absolute Gasteiger partial charge is 0.360 e. The fourth-order valence-corrected chi connectivity index (χ4v) is 3.35. The summed E-state index contributed by atoms with van der Waals surface area (Å²) in [7, 11) is 0. The zero-order chi connectivity index (χ0) is 22.7. The molecule has 160 valence electrons. The number of benzene rings is 3. The summed E-state index contributed by atoms with van der Waals surface area (Å²) in [4.78, 5) is 38.4. The second-order valence-corrected chi connectivity index (χ2v) is 7.43. The Morgan fingerprint density at radius 2 is 1.66 bits per heavy atom. The maximum Gasteiger partial charge on any atom is 0.360 e. The number of carbonyl (C=O) groups excluding carboxylic acids is 2. The van der Waals surface area contributed by atoms with Gasteiger partial charge in [0.1, 0.15) is 0 Å². The number of rotatable bonds is 5. The van der Waals surface area contributed by atoms with E-state index in [2.05, 4.69) is 10.4 Å². The predicted molar refractivity (Wildman–Crippen MR) is 122 cm³/mol. The fourth-order valence-electron chi connectivity index (χ4n) is 3.16. The molecule has 32 heavy (non-hydrogen) atoms. The first-order chi connectivity index (χ1) is 15.4. The molecule has 0 radical (unpaired) electrons. The summed E-state index contributed by atoms with van der Waals surface area (Å²) in [6, 6.07) is 22.0. The average molecular weight is 448 g/mol. The molecule has 4 rings (SSSR count). The van der Waals surface area contributed by atoms with Gasteiger partial charge >= 0.3 is 5.97 Å². The van der Waals surface area contributed by atoms with Crippen LogP contribution >= 0.6 is 11.6 Å². The third kappa shape index (κ3) is 4.38. The highest BCUT2D eigenvalue weighted by Crippen LogP contribution is 2.18. The minimum Gasteiger partial charge on any atom is -0.448 e.